The number of halogens is 1. The van der Waals surface area contributed by atoms with E-state index in [-0.39, 0.29) is 36.1 Å². The number of hydrogen-bond donors (Lipinski definition) is 1. The van der Waals surface area contributed by atoms with Gasteiger partial charge in [0.25, 0.3) is 5.91 Å². The maximum atomic E-state index is 13.0. The number of fused-ring (bicyclic) bond motifs is 1. The fourth-order valence-corrected chi connectivity index (χ4v) is 3.49. The van der Waals surface area contributed by atoms with Gasteiger partial charge in [0.1, 0.15) is 11.6 Å². The van der Waals surface area contributed by atoms with Crippen molar-refractivity contribution < 1.29 is 18.7 Å². The van der Waals surface area contributed by atoms with Crippen LogP contribution in [-0.2, 0) is 4.79 Å². The van der Waals surface area contributed by atoms with Gasteiger partial charge in [-0.25, -0.2) is 4.39 Å². The second kappa shape index (κ2) is 7.28. The second-order valence-electron chi connectivity index (χ2n) is 6.83. The van der Waals surface area contributed by atoms with Gasteiger partial charge in [0.05, 0.1) is 11.6 Å². The van der Waals surface area contributed by atoms with Crippen molar-refractivity contribution in [2.24, 2.45) is 0 Å². The molecule has 0 aliphatic heterocycles. The van der Waals surface area contributed by atoms with Crippen LogP contribution < -0.4 is 10.1 Å². The van der Waals surface area contributed by atoms with Crippen molar-refractivity contribution in [1.29, 1.82) is 0 Å². The average Bonchev–Trinajstić information content (AvgIpc) is 2.90. The Bertz CT molecular complexity index is 845. The van der Waals surface area contributed by atoms with Crippen molar-refractivity contribution in [2.45, 2.75) is 39.2 Å². The van der Waals surface area contributed by atoms with Crippen molar-refractivity contribution in [1.82, 2.24) is 5.32 Å². The first-order valence-electron chi connectivity index (χ1n) is 8.71. The van der Waals surface area contributed by atoms with E-state index < -0.39 is 0 Å². The van der Waals surface area contributed by atoms with Crippen molar-refractivity contribution in [3.63, 3.8) is 0 Å². The summed E-state index contributed by atoms with van der Waals surface area (Å²) in [5.74, 6) is 0.0848. The minimum absolute atomic E-state index is 0.0614. The maximum absolute atomic E-state index is 13.0. The van der Waals surface area contributed by atoms with Gasteiger partial charge >= 0.3 is 0 Å². The van der Waals surface area contributed by atoms with Crippen LogP contribution in [0.15, 0.2) is 36.4 Å². The van der Waals surface area contributed by atoms with Crippen LogP contribution in [0.1, 0.15) is 59.3 Å². The molecule has 2 atom stereocenters. The van der Waals surface area contributed by atoms with E-state index in [4.69, 9.17) is 4.74 Å². The summed E-state index contributed by atoms with van der Waals surface area (Å²) >= 11 is 0. The molecule has 136 valence electrons. The third kappa shape index (κ3) is 3.62. The summed E-state index contributed by atoms with van der Waals surface area (Å²) in [5, 5.41) is 2.81. The highest BCUT2D eigenvalue weighted by molar-refractivity contribution is 6.04. The molecule has 1 N–H and O–H groups in total. The summed E-state index contributed by atoms with van der Waals surface area (Å²) in [6.07, 6.45) is 0.477. The van der Waals surface area contributed by atoms with E-state index in [1.54, 1.807) is 18.2 Å². The summed E-state index contributed by atoms with van der Waals surface area (Å²) in [4.78, 5) is 24.5. The number of hydrogen-bond acceptors (Lipinski definition) is 3. The standard InChI is InChI=1S/C21H22FNO3/c1-12-4-9-18(21-17(24)10-13(2)20(12)21)26-11-19(25)23-14(3)15-5-7-16(22)8-6-15/h4-9,13-14H,10-11H2,1-3H3,(H,23,25)/t13-,14+/m0/s1. The molecule has 4 nitrogen and oxygen atoms in total. The fraction of sp³-hybridized carbons (Fsp3) is 0.333. The van der Waals surface area contributed by atoms with E-state index in [0.717, 1.165) is 16.7 Å². The quantitative estimate of drug-likeness (QED) is 0.879. The number of amides is 1. The van der Waals surface area contributed by atoms with Gasteiger partial charge in [-0.3, -0.25) is 9.59 Å². The number of benzene rings is 2. The minimum atomic E-state index is -0.317. The van der Waals surface area contributed by atoms with Crippen LogP contribution in [0.2, 0.25) is 0 Å². The zero-order valence-corrected chi connectivity index (χ0v) is 15.1. The van der Waals surface area contributed by atoms with Gasteiger partial charge < -0.3 is 10.1 Å². The Morgan fingerprint density at radius 3 is 2.65 bits per heavy atom. The third-order valence-electron chi connectivity index (χ3n) is 4.79. The zero-order valence-electron chi connectivity index (χ0n) is 15.1. The first kappa shape index (κ1) is 18.1. The van der Waals surface area contributed by atoms with E-state index in [1.165, 1.54) is 12.1 Å². The van der Waals surface area contributed by atoms with Crippen LogP contribution in [0.3, 0.4) is 0 Å². The monoisotopic (exact) mass is 355 g/mol. The maximum Gasteiger partial charge on any atom is 0.258 e. The second-order valence-corrected chi connectivity index (χ2v) is 6.83. The van der Waals surface area contributed by atoms with Gasteiger partial charge in [-0.1, -0.05) is 25.1 Å². The SMILES string of the molecule is Cc1ccc(OCC(=O)N[C@H](C)c2ccc(F)cc2)c2c1[C@@H](C)CC2=O. The highest BCUT2D eigenvalue weighted by Gasteiger charge is 2.31. The van der Waals surface area contributed by atoms with Crippen molar-refractivity contribution in [3.8, 4) is 5.75 Å². The van der Waals surface area contributed by atoms with Crippen LogP contribution >= 0.6 is 0 Å². The van der Waals surface area contributed by atoms with E-state index in [0.29, 0.717) is 17.7 Å². The number of aryl methyl sites for hydroxylation is 1. The Kier molecular flexibility index (Phi) is 5.07. The van der Waals surface area contributed by atoms with Crippen LogP contribution in [-0.4, -0.2) is 18.3 Å². The Hall–Kier alpha value is -2.69. The third-order valence-corrected chi connectivity index (χ3v) is 4.79. The number of Topliss-reactive ketones (excluding diaryl/α,β-unsaturated/α-hetero) is 1. The molecule has 0 aromatic heterocycles. The Morgan fingerprint density at radius 2 is 1.96 bits per heavy atom. The molecule has 2 aromatic carbocycles. The number of carbonyl (C=O) groups is 2. The molecule has 3 rings (SSSR count). The molecular weight excluding hydrogens is 333 g/mol. The molecule has 0 fully saturated rings. The number of nitrogens with one attached hydrogen (secondary N) is 1. The summed E-state index contributed by atoms with van der Waals surface area (Å²) < 4.78 is 18.6. The molecular formula is C21H22FNO3. The molecule has 1 amide bonds. The van der Waals surface area contributed by atoms with Crippen LogP contribution in [0.4, 0.5) is 4.39 Å². The number of ether oxygens (including phenoxy) is 1. The molecule has 0 spiro atoms. The Labute approximate surface area is 152 Å². The van der Waals surface area contributed by atoms with E-state index in [9.17, 15) is 14.0 Å². The van der Waals surface area contributed by atoms with Gasteiger partial charge in [-0.2, -0.15) is 0 Å². The first-order valence-corrected chi connectivity index (χ1v) is 8.71. The Morgan fingerprint density at radius 1 is 1.27 bits per heavy atom. The van der Waals surface area contributed by atoms with Gasteiger partial charge in [-0.05, 0) is 54.7 Å². The van der Waals surface area contributed by atoms with Gasteiger partial charge in [-0.15, -0.1) is 0 Å². The smallest absolute Gasteiger partial charge is 0.258 e. The number of carbonyl (C=O) groups excluding carboxylic acids is 2. The van der Waals surface area contributed by atoms with Gasteiger partial charge in [0, 0.05) is 6.42 Å². The van der Waals surface area contributed by atoms with Crippen molar-refractivity contribution in [3.05, 3.63) is 64.5 Å². The highest BCUT2D eigenvalue weighted by atomic mass is 19.1. The largest absolute Gasteiger partial charge is 0.483 e. The Balaban J connectivity index is 1.65. The molecule has 26 heavy (non-hydrogen) atoms. The molecule has 5 heteroatoms. The zero-order chi connectivity index (χ0) is 18.8. The van der Waals surface area contributed by atoms with Crippen LogP contribution in [0.5, 0.6) is 5.75 Å². The normalized spacial score (nSPS) is 16.9. The summed E-state index contributed by atoms with van der Waals surface area (Å²) in [6.45, 7) is 5.65. The predicted octanol–water partition coefficient (Wildman–Crippen LogP) is 4.08. The average molecular weight is 355 g/mol. The number of ketones is 1. The summed E-state index contributed by atoms with van der Waals surface area (Å²) in [7, 11) is 0. The lowest BCUT2D eigenvalue weighted by Crippen LogP contribution is -2.31. The predicted molar refractivity (Wildman–Crippen MR) is 97.0 cm³/mol. The number of rotatable bonds is 5. The molecule has 0 radical (unpaired) electrons. The minimum Gasteiger partial charge on any atom is -0.483 e. The molecule has 0 heterocycles. The van der Waals surface area contributed by atoms with E-state index >= 15 is 0 Å². The van der Waals surface area contributed by atoms with Crippen molar-refractivity contribution in [2.75, 3.05) is 6.61 Å². The summed E-state index contributed by atoms with van der Waals surface area (Å²) in [6, 6.07) is 9.39. The van der Waals surface area contributed by atoms with Gasteiger partial charge in [0.2, 0.25) is 0 Å². The van der Waals surface area contributed by atoms with Crippen molar-refractivity contribution >= 4 is 11.7 Å². The first-order chi connectivity index (χ1) is 12.4. The lowest BCUT2D eigenvalue weighted by atomic mass is 9.97. The molecule has 2 aromatic rings. The molecule has 0 bridgehead atoms. The molecule has 0 saturated heterocycles. The van der Waals surface area contributed by atoms with Crippen LogP contribution in [0, 0.1) is 12.7 Å². The molecule has 1 aliphatic rings. The topological polar surface area (TPSA) is 55.4 Å². The highest BCUT2D eigenvalue weighted by Crippen LogP contribution is 2.40. The molecule has 1 aliphatic carbocycles. The fourth-order valence-electron chi connectivity index (χ4n) is 3.49. The van der Waals surface area contributed by atoms with Gasteiger partial charge in [0.15, 0.2) is 12.4 Å². The lowest BCUT2D eigenvalue weighted by molar-refractivity contribution is -0.123. The summed E-state index contributed by atoms with van der Waals surface area (Å²) in [5.41, 5.74) is 3.50. The van der Waals surface area contributed by atoms with E-state index in [1.807, 2.05) is 26.8 Å². The molecule has 0 saturated carbocycles. The van der Waals surface area contributed by atoms with E-state index in [2.05, 4.69) is 5.32 Å². The molecule has 0 unspecified atom stereocenters. The van der Waals surface area contributed by atoms with Crippen LogP contribution in [0.25, 0.3) is 0 Å². The lowest BCUT2D eigenvalue weighted by Gasteiger charge is -2.16.